The second kappa shape index (κ2) is 9.55. The number of likely N-dealkylation sites (tertiary alicyclic amines) is 1. The van der Waals surface area contributed by atoms with Crippen LogP contribution < -0.4 is 0 Å². The Balaban J connectivity index is 2.07. The van der Waals surface area contributed by atoms with E-state index in [1.165, 1.54) is 29.2 Å². The molecule has 1 unspecified atom stereocenters. The zero-order valence-corrected chi connectivity index (χ0v) is 17.7. The normalized spacial score (nSPS) is 17.9. The number of nitro groups is 1. The Labute approximate surface area is 181 Å². The number of amides is 1. The van der Waals surface area contributed by atoms with E-state index >= 15 is 0 Å². The van der Waals surface area contributed by atoms with Crippen LogP contribution >= 0.6 is 0 Å². The lowest BCUT2D eigenvalue weighted by Crippen LogP contribution is -2.30. The second-order valence-corrected chi connectivity index (χ2v) is 7.77. The summed E-state index contributed by atoms with van der Waals surface area (Å²) in [6.45, 7) is 4.37. The Kier molecular flexibility index (Phi) is 6.84. The van der Waals surface area contributed by atoms with Crippen LogP contribution in [0.1, 0.15) is 55.3 Å². The SMILES string of the molecule is CCCCCCN1C(=O)C(=O)/C(=C(/O)c2ccc(C)cc2)C1c1ccc([N+](=O)[O-])cc1. The number of benzene rings is 2. The van der Waals surface area contributed by atoms with Crippen molar-refractivity contribution in [1.29, 1.82) is 0 Å². The van der Waals surface area contributed by atoms with Gasteiger partial charge in [-0.15, -0.1) is 0 Å². The Hall–Kier alpha value is -3.48. The molecule has 1 saturated heterocycles. The van der Waals surface area contributed by atoms with Crippen LogP contribution in [0.4, 0.5) is 5.69 Å². The number of Topliss-reactive ketones (excluding diaryl/α,β-unsaturated/α-hetero) is 1. The molecule has 31 heavy (non-hydrogen) atoms. The molecule has 0 aromatic heterocycles. The molecule has 1 N–H and O–H groups in total. The van der Waals surface area contributed by atoms with Crippen LogP contribution in [0, 0.1) is 17.0 Å². The minimum absolute atomic E-state index is 0.0122. The molecule has 0 spiro atoms. The molecule has 0 saturated carbocycles. The number of carbonyl (C=O) groups is 2. The van der Waals surface area contributed by atoms with E-state index in [-0.39, 0.29) is 17.0 Å². The molecule has 1 atom stereocenters. The van der Waals surface area contributed by atoms with Gasteiger partial charge in [-0.05, 0) is 31.0 Å². The lowest BCUT2D eigenvalue weighted by atomic mass is 9.95. The van der Waals surface area contributed by atoms with Crippen molar-refractivity contribution in [1.82, 2.24) is 4.90 Å². The zero-order chi connectivity index (χ0) is 22.5. The second-order valence-electron chi connectivity index (χ2n) is 7.77. The first kappa shape index (κ1) is 22.2. The van der Waals surface area contributed by atoms with Gasteiger partial charge >= 0.3 is 0 Å². The highest BCUT2D eigenvalue weighted by molar-refractivity contribution is 6.46. The molecule has 1 heterocycles. The van der Waals surface area contributed by atoms with E-state index in [1.54, 1.807) is 12.1 Å². The van der Waals surface area contributed by atoms with Crippen molar-refractivity contribution in [2.45, 2.75) is 45.6 Å². The minimum Gasteiger partial charge on any atom is -0.507 e. The molecule has 1 aliphatic rings. The van der Waals surface area contributed by atoms with E-state index in [0.717, 1.165) is 31.2 Å². The number of unbranched alkanes of at least 4 members (excludes halogenated alkanes) is 3. The summed E-state index contributed by atoms with van der Waals surface area (Å²) in [5, 5.41) is 22.0. The number of rotatable bonds is 8. The Morgan fingerprint density at radius 2 is 1.68 bits per heavy atom. The maximum Gasteiger partial charge on any atom is 0.295 e. The van der Waals surface area contributed by atoms with Crippen molar-refractivity contribution >= 4 is 23.1 Å². The summed E-state index contributed by atoms with van der Waals surface area (Å²) >= 11 is 0. The van der Waals surface area contributed by atoms with E-state index in [1.807, 2.05) is 19.1 Å². The summed E-state index contributed by atoms with van der Waals surface area (Å²) in [5.74, 6) is -1.64. The highest BCUT2D eigenvalue weighted by Gasteiger charge is 2.45. The number of carbonyl (C=O) groups excluding carboxylic acids is 2. The third kappa shape index (κ3) is 4.66. The number of nitrogens with zero attached hydrogens (tertiary/aromatic N) is 2. The third-order valence-corrected chi connectivity index (χ3v) is 5.54. The highest BCUT2D eigenvalue weighted by Crippen LogP contribution is 2.40. The van der Waals surface area contributed by atoms with Gasteiger partial charge in [0.2, 0.25) is 0 Å². The van der Waals surface area contributed by atoms with Gasteiger partial charge in [-0.25, -0.2) is 0 Å². The van der Waals surface area contributed by atoms with Crippen LogP contribution in [0.3, 0.4) is 0 Å². The monoisotopic (exact) mass is 422 g/mol. The first-order valence-electron chi connectivity index (χ1n) is 10.4. The van der Waals surface area contributed by atoms with Gasteiger partial charge in [0.25, 0.3) is 17.4 Å². The number of ketones is 1. The predicted molar refractivity (Wildman–Crippen MR) is 117 cm³/mol. The van der Waals surface area contributed by atoms with E-state index in [9.17, 15) is 24.8 Å². The Morgan fingerprint density at radius 1 is 1.03 bits per heavy atom. The lowest BCUT2D eigenvalue weighted by molar-refractivity contribution is -0.384. The number of nitro benzene ring substituents is 1. The van der Waals surface area contributed by atoms with Crippen LogP contribution in [0.2, 0.25) is 0 Å². The largest absolute Gasteiger partial charge is 0.507 e. The lowest BCUT2D eigenvalue weighted by Gasteiger charge is -2.25. The van der Waals surface area contributed by atoms with Gasteiger partial charge in [0.1, 0.15) is 5.76 Å². The van der Waals surface area contributed by atoms with Crippen LogP contribution in [0.25, 0.3) is 5.76 Å². The fraction of sp³-hybridized carbons (Fsp3) is 0.333. The number of aryl methyl sites for hydroxylation is 1. The average Bonchev–Trinajstić information content (AvgIpc) is 3.01. The number of aliphatic hydroxyl groups is 1. The molecule has 1 aliphatic heterocycles. The molecule has 1 fully saturated rings. The quantitative estimate of drug-likeness (QED) is 0.163. The van der Waals surface area contributed by atoms with E-state index < -0.39 is 22.7 Å². The fourth-order valence-corrected chi connectivity index (χ4v) is 3.81. The first-order valence-corrected chi connectivity index (χ1v) is 10.4. The molecule has 0 bridgehead atoms. The standard InChI is InChI=1S/C24H26N2O5/c1-3-4-5-6-15-25-21(17-11-13-19(14-12-17)26(30)31)20(23(28)24(25)29)22(27)18-9-7-16(2)8-10-18/h7-14,21,27H,3-6,15H2,1-2H3/b22-20+. The first-order chi connectivity index (χ1) is 14.8. The fourth-order valence-electron chi connectivity index (χ4n) is 3.81. The molecule has 7 nitrogen and oxygen atoms in total. The maximum atomic E-state index is 12.9. The van der Waals surface area contributed by atoms with Gasteiger partial charge in [-0.2, -0.15) is 0 Å². The van der Waals surface area contributed by atoms with E-state index in [4.69, 9.17) is 0 Å². The molecule has 7 heteroatoms. The predicted octanol–water partition coefficient (Wildman–Crippen LogP) is 4.91. The molecule has 0 aliphatic carbocycles. The third-order valence-electron chi connectivity index (χ3n) is 5.54. The van der Waals surface area contributed by atoms with Crippen molar-refractivity contribution in [3.05, 3.63) is 80.9 Å². The molecule has 2 aromatic carbocycles. The topological polar surface area (TPSA) is 101 Å². The van der Waals surface area contributed by atoms with Crippen molar-refractivity contribution in [3.8, 4) is 0 Å². The van der Waals surface area contributed by atoms with Gasteiger partial charge in [0.15, 0.2) is 0 Å². The van der Waals surface area contributed by atoms with Crippen molar-refractivity contribution in [2.75, 3.05) is 6.54 Å². The number of non-ortho nitro benzene ring substituents is 1. The molecule has 162 valence electrons. The summed E-state index contributed by atoms with van der Waals surface area (Å²) in [4.78, 5) is 37.8. The van der Waals surface area contributed by atoms with Gasteiger partial charge < -0.3 is 10.0 Å². The molecule has 0 radical (unpaired) electrons. The molecule has 2 aromatic rings. The Bertz CT molecular complexity index is 1010. The molecule has 3 rings (SSSR count). The zero-order valence-electron chi connectivity index (χ0n) is 17.7. The van der Waals surface area contributed by atoms with Crippen LogP contribution in [0.15, 0.2) is 54.1 Å². The van der Waals surface area contributed by atoms with Crippen molar-refractivity contribution in [3.63, 3.8) is 0 Å². The summed E-state index contributed by atoms with van der Waals surface area (Å²) in [6, 6.07) is 12.0. The van der Waals surface area contributed by atoms with Crippen molar-refractivity contribution < 1.29 is 19.6 Å². The average molecular weight is 422 g/mol. The summed E-state index contributed by atoms with van der Waals surface area (Å²) in [5.41, 5.74) is 1.93. The summed E-state index contributed by atoms with van der Waals surface area (Å²) in [7, 11) is 0. The number of aliphatic hydroxyl groups excluding tert-OH is 1. The van der Waals surface area contributed by atoms with Gasteiger partial charge in [-0.3, -0.25) is 19.7 Å². The molecular formula is C24H26N2O5. The van der Waals surface area contributed by atoms with Crippen LogP contribution in [-0.2, 0) is 9.59 Å². The van der Waals surface area contributed by atoms with E-state index in [0.29, 0.717) is 17.7 Å². The highest BCUT2D eigenvalue weighted by atomic mass is 16.6. The molecular weight excluding hydrogens is 396 g/mol. The number of hydrogen-bond acceptors (Lipinski definition) is 5. The number of hydrogen-bond donors (Lipinski definition) is 1. The molecule has 1 amide bonds. The van der Waals surface area contributed by atoms with Gasteiger partial charge in [-0.1, -0.05) is 56.0 Å². The summed E-state index contributed by atoms with van der Waals surface area (Å²) < 4.78 is 0. The van der Waals surface area contributed by atoms with Crippen LogP contribution in [-0.4, -0.2) is 33.2 Å². The van der Waals surface area contributed by atoms with Gasteiger partial charge in [0.05, 0.1) is 16.5 Å². The van der Waals surface area contributed by atoms with Crippen LogP contribution in [0.5, 0.6) is 0 Å². The van der Waals surface area contributed by atoms with Gasteiger partial charge in [0, 0.05) is 24.2 Å². The van der Waals surface area contributed by atoms with E-state index in [2.05, 4.69) is 6.92 Å². The smallest absolute Gasteiger partial charge is 0.295 e. The van der Waals surface area contributed by atoms with Crippen molar-refractivity contribution in [2.24, 2.45) is 0 Å². The Morgan fingerprint density at radius 3 is 2.26 bits per heavy atom. The minimum atomic E-state index is -0.788. The maximum absolute atomic E-state index is 12.9. The summed E-state index contributed by atoms with van der Waals surface area (Å²) in [6.07, 6.45) is 3.72.